The molecule has 0 saturated heterocycles. The normalized spacial score (nSPS) is 13.4. The molecule has 4 heteroatoms. The highest BCUT2D eigenvalue weighted by molar-refractivity contribution is 7.09. The van der Waals surface area contributed by atoms with Crippen molar-refractivity contribution in [3.8, 4) is 0 Å². The van der Waals surface area contributed by atoms with Crippen LogP contribution in [0.15, 0.2) is 35.8 Å². The molecule has 1 heterocycles. The molecule has 1 aromatic heterocycles. The molecule has 2 aromatic rings. The van der Waals surface area contributed by atoms with Crippen LogP contribution in [0, 0.1) is 0 Å². The minimum atomic E-state index is 0.111. The van der Waals surface area contributed by atoms with E-state index >= 15 is 0 Å². The zero-order valence-corrected chi connectivity index (χ0v) is 13.8. The molecule has 2 rings (SSSR count). The van der Waals surface area contributed by atoms with Crippen LogP contribution in [-0.2, 0) is 6.42 Å². The van der Waals surface area contributed by atoms with Gasteiger partial charge in [-0.2, -0.15) is 0 Å². The third kappa shape index (κ3) is 4.89. The maximum Gasteiger partial charge on any atom is 0.0931 e. The fraction of sp³-hybridized carbons (Fsp3) is 0.438. The lowest BCUT2D eigenvalue weighted by Gasteiger charge is -2.25. The fourth-order valence-electron chi connectivity index (χ4n) is 2.06. The Morgan fingerprint density at radius 3 is 2.75 bits per heavy atom. The highest BCUT2D eigenvalue weighted by Gasteiger charge is 2.17. The van der Waals surface area contributed by atoms with Gasteiger partial charge >= 0.3 is 0 Å². The van der Waals surface area contributed by atoms with E-state index in [0.717, 1.165) is 18.0 Å². The third-order valence-electron chi connectivity index (χ3n) is 3.10. The number of thiazole rings is 1. The number of nitrogens with one attached hydrogen (secondary N) is 1. The number of hydrogen-bond donors (Lipinski definition) is 1. The number of rotatable bonds is 5. The SMILES string of the molecule is CC(C)(C)NCC(Cc1nccs1)c1cccc(Cl)c1. The average Bonchev–Trinajstić information content (AvgIpc) is 2.86. The highest BCUT2D eigenvalue weighted by atomic mass is 35.5. The molecule has 0 aliphatic heterocycles. The molecular formula is C16H21ClN2S. The summed E-state index contributed by atoms with van der Waals surface area (Å²) in [7, 11) is 0. The van der Waals surface area contributed by atoms with Gasteiger partial charge in [0.1, 0.15) is 0 Å². The van der Waals surface area contributed by atoms with E-state index in [1.54, 1.807) is 11.3 Å². The van der Waals surface area contributed by atoms with Gasteiger partial charge in [0.15, 0.2) is 0 Å². The summed E-state index contributed by atoms with van der Waals surface area (Å²) < 4.78 is 0. The molecule has 0 radical (unpaired) electrons. The molecule has 1 aromatic carbocycles. The molecular weight excluding hydrogens is 288 g/mol. The van der Waals surface area contributed by atoms with Gasteiger partial charge in [-0.15, -0.1) is 11.3 Å². The maximum absolute atomic E-state index is 6.13. The first-order valence-corrected chi connectivity index (χ1v) is 8.09. The van der Waals surface area contributed by atoms with Crippen LogP contribution < -0.4 is 5.32 Å². The van der Waals surface area contributed by atoms with Crippen molar-refractivity contribution in [2.24, 2.45) is 0 Å². The Bertz CT molecular complexity index is 532. The van der Waals surface area contributed by atoms with Crippen molar-refractivity contribution in [1.82, 2.24) is 10.3 Å². The Morgan fingerprint density at radius 1 is 1.35 bits per heavy atom. The summed E-state index contributed by atoms with van der Waals surface area (Å²) in [6.07, 6.45) is 2.81. The Kier molecular flexibility index (Phi) is 5.19. The molecule has 0 spiro atoms. The standard InChI is InChI=1S/C16H21ClN2S/c1-16(2,3)19-11-13(10-15-18-7-8-20-15)12-5-4-6-14(17)9-12/h4-9,13,19H,10-11H2,1-3H3. The minimum absolute atomic E-state index is 0.111. The Labute approximate surface area is 130 Å². The number of aromatic nitrogens is 1. The molecule has 0 fully saturated rings. The van der Waals surface area contributed by atoms with Gasteiger partial charge in [-0.1, -0.05) is 23.7 Å². The molecule has 0 bridgehead atoms. The molecule has 20 heavy (non-hydrogen) atoms. The first kappa shape index (κ1) is 15.5. The van der Waals surface area contributed by atoms with Crippen LogP contribution in [0.5, 0.6) is 0 Å². The monoisotopic (exact) mass is 308 g/mol. The molecule has 2 nitrogen and oxygen atoms in total. The Hall–Kier alpha value is -0.900. The van der Waals surface area contributed by atoms with Crippen molar-refractivity contribution in [1.29, 1.82) is 0 Å². The molecule has 0 amide bonds. The lowest BCUT2D eigenvalue weighted by Crippen LogP contribution is -2.39. The fourth-order valence-corrected chi connectivity index (χ4v) is 2.96. The third-order valence-corrected chi connectivity index (χ3v) is 4.14. The van der Waals surface area contributed by atoms with Crippen LogP contribution in [0.3, 0.4) is 0 Å². The number of hydrogen-bond acceptors (Lipinski definition) is 3. The summed E-state index contributed by atoms with van der Waals surface area (Å²) in [6, 6.07) is 8.14. The zero-order chi connectivity index (χ0) is 14.6. The number of benzene rings is 1. The van der Waals surface area contributed by atoms with Crippen molar-refractivity contribution in [2.75, 3.05) is 6.54 Å². The lowest BCUT2D eigenvalue weighted by molar-refractivity contribution is 0.405. The maximum atomic E-state index is 6.13. The van der Waals surface area contributed by atoms with E-state index in [2.05, 4.69) is 43.2 Å². The second-order valence-electron chi connectivity index (χ2n) is 6.01. The number of halogens is 1. The summed E-state index contributed by atoms with van der Waals surface area (Å²) >= 11 is 7.84. The van der Waals surface area contributed by atoms with E-state index in [1.807, 2.05) is 23.7 Å². The van der Waals surface area contributed by atoms with Crippen molar-refractivity contribution >= 4 is 22.9 Å². The van der Waals surface area contributed by atoms with Crippen molar-refractivity contribution < 1.29 is 0 Å². The van der Waals surface area contributed by atoms with Crippen molar-refractivity contribution in [2.45, 2.75) is 38.6 Å². The lowest BCUT2D eigenvalue weighted by atomic mass is 9.94. The van der Waals surface area contributed by atoms with Crippen LogP contribution in [0.2, 0.25) is 5.02 Å². The van der Waals surface area contributed by atoms with Crippen molar-refractivity contribution in [3.05, 3.63) is 51.4 Å². The first-order valence-electron chi connectivity index (χ1n) is 6.83. The molecule has 0 saturated carbocycles. The zero-order valence-electron chi connectivity index (χ0n) is 12.2. The summed E-state index contributed by atoms with van der Waals surface area (Å²) in [6.45, 7) is 7.48. The summed E-state index contributed by atoms with van der Waals surface area (Å²) in [5.41, 5.74) is 1.38. The molecule has 1 N–H and O–H groups in total. The van der Waals surface area contributed by atoms with E-state index < -0.39 is 0 Å². The van der Waals surface area contributed by atoms with Crippen molar-refractivity contribution in [3.63, 3.8) is 0 Å². The van der Waals surface area contributed by atoms with Gasteiger partial charge in [0.2, 0.25) is 0 Å². The van der Waals surface area contributed by atoms with Gasteiger partial charge in [0.05, 0.1) is 5.01 Å². The average molecular weight is 309 g/mol. The van der Waals surface area contributed by atoms with Crippen LogP contribution in [0.25, 0.3) is 0 Å². The van der Waals surface area contributed by atoms with Crippen LogP contribution in [0.1, 0.15) is 37.3 Å². The minimum Gasteiger partial charge on any atom is -0.311 e. The molecule has 0 aliphatic carbocycles. The molecule has 1 unspecified atom stereocenters. The van der Waals surface area contributed by atoms with E-state index in [1.165, 1.54) is 10.6 Å². The second-order valence-corrected chi connectivity index (χ2v) is 7.43. The van der Waals surface area contributed by atoms with Crippen LogP contribution in [0.4, 0.5) is 0 Å². The van der Waals surface area contributed by atoms with Gasteiger partial charge in [-0.3, -0.25) is 0 Å². The Morgan fingerprint density at radius 2 is 2.15 bits per heavy atom. The van der Waals surface area contributed by atoms with Gasteiger partial charge in [-0.05, 0) is 38.5 Å². The largest absolute Gasteiger partial charge is 0.311 e. The quantitative estimate of drug-likeness (QED) is 0.879. The van der Waals surface area contributed by atoms with Gasteiger partial charge < -0.3 is 5.32 Å². The Balaban J connectivity index is 2.15. The number of nitrogens with zero attached hydrogens (tertiary/aromatic N) is 1. The smallest absolute Gasteiger partial charge is 0.0931 e. The topological polar surface area (TPSA) is 24.9 Å². The van der Waals surface area contributed by atoms with E-state index in [4.69, 9.17) is 11.6 Å². The van der Waals surface area contributed by atoms with Gasteiger partial charge in [-0.25, -0.2) is 4.98 Å². The van der Waals surface area contributed by atoms with E-state index in [0.29, 0.717) is 5.92 Å². The first-order chi connectivity index (χ1) is 9.44. The highest BCUT2D eigenvalue weighted by Crippen LogP contribution is 2.24. The van der Waals surface area contributed by atoms with Crippen LogP contribution >= 0.6 is 22.9 Å². The van der Waals surface area contributed by atoms with Gasteiger partial charge in [0.25, 0.3) is 0 Å². The summed E-state index contributed by atoms with van der Waals surface area (Å²) in [5.74, 6) is 0.388. The predicted octanol–water partition coefficient (Wildman–Crippen LogP) is 4.51. The molecule has 108 valence electrons. The summed E-state index contributed by atoms with van der Waals surface area (Å²) in [5, 5.41) is 7.58. The van der Waals surface area contributed by atoms with E-state index in [-0.39, 0.29) is 5.54 Å². The predicted molar refractivity (Wildman–Crippen MR) is 87.8 cm³/mol. The second kappa shape index (κ2) is 6.70. The van der Waals surface area contributed by atoms with E-state index in [9.17, 15) is 0 Å². The molecule has 0 aliphatic rings. The molecule has 1 atom stereocenters. The summed E-state index contributed by atoms with van der Waals surface area (Å²) in [4.78, 5) is 4.41. The van der Waals surface area contributed by atoms with Crippen LogP contribution in [-0.4, -0.2) is 17.1 Å². The van der Waals surface area contributed by atoms with Gasteiger partial charge in [0, 0.05) is 41.0 Å².